The van der Waals surface area contributed by atoms with E-state index in [0.29, 0.717) is 0 Å². The fourth-order valence-electron chi connectivity index (χ4n) is 6.08. The van der Waals surface area contributed by atoms with E-state index >= 15 is 0 Å². The Bertz CT molecular complexity index is 923. The highest BCUT2D eigenvalue weighted by Gasteiger charge is 2.52. The number of ether oxygens (including phenoxy) is 8. The van der Waals surface area contributed by atoms with Gasteiger partial charge in [-0.05, 0) is 12.8 Å². The number of hydrogen-bond donors (Lipinski definition) is 14. The summed E-state index contributed by atoms with van der Waals surface area (Å²) in [5, 5.41) is 142. The molecule has 294 valence electrons. The summed E-state index contributed by atoms with van der Waals surface area (Å²) < 4.78 is 43.8. The molecule has 0 amide bonds. The Morgan fingerprint density at radius 3 is 0.940 bits per heavy atom. The molecule has 4 saturated heterocycles. The number of aliphatic hydroxyl groups excluding tert-OH is 14. The van der Waals surface area contributed by atoms with E-state index in [4.69, 9.17) is 37.9 Å². The van der Waals surface area contributed by atoms with Gasteiger partial charge in [-0.1, -0.05) is 0 Å². The number of hydrogen-bond acceptors (Lipinski definition) is 22. The third-order valence-corrected chi connectivity index (χ3v) is 9.08. The molecule has 0 aromatic heterocycles. The first-order valence-corrected chi connectivity index (χ1v) is 16.2. The second kappa shape index (κ2) is 18.9. The van der Waals surface area contributed by atoms with E-state index in [2.05, 4.69) is 0 Å². The fourth-order valence-corrected chi connectivity index (χ4v) is 6.08. The molecule has 4 rings (SSSR count). The maximum atomic E-state index is 10.7. The summed E-state index contributed by atoms with van der Waals surface area (Å²) in [5.41, 5.74) is 0. The van der Waals surface area contributed by atoms with E-state index in [9.17, 15) is 71.5 Å². The molecule has 22 heteroatoms. The minimum absolute atomic E-state index is 0.160. The number of aliphatic hydroxyl groups is 14. The Labute approximate surface area is 285 Å². The molecule has 4 aliphatic heterocycles. The Balaban J connectivity index is 1.34. The van der Waals surface area contributed by atoms with Crippen molar-refractivity contribution in [3.8, 4) is 0 Å². The van der Waals surface area contributed by atoms with Crippen LogP contribution in [-0.4, -0.2) is 234 Å². The van der Waals surface area contributed by atoms with Gasteiger partial charge in [0.1, 0.15) is 97.7 Å². The molecule has 20 atom stereocenters. The smallest absolute Gasteiger partial charge is 0.187 e. The Morgan fingerprint density at radius 1 is 0.360 bits per heavy atom. The van der Waals surface area contributed by atoms with Crippen molar-refractivity contribution < 1.29 is 109 Å². The van der Waals surface area contributed by atoms with E-state index in [1.165, 1.54) is 0 Å². The molecule has 4 fully saturated rings. The topological polar surface area (TPSA) is 357 Å². The van der Waals surface area contributed by atoms with Gasteiger partial charge in [0, 0.05) is 13.2 Å². The van der Waals surface area contributed by atoms with E-state index in [1.54, 1.807) is 0 Å². The normalized spacial score (nSPS) is 48.8. The molecule has 50 heavy (non-hydrogen) atoms. The van der Waals surface area contributed by atoms with Crippen molar-refractivity contribution in [2.45, 2.75) is 136 Å². The van der Waals surface area contributed by atoms with Gasteiger partial charge in [-0.3, -0.25) is 0 Å². The predicted octanol–water partition coefficient (Wildman–Crippen LogP) is -8.95. The molecule has 0 radical (unpaired) electrons. The largest absolute Gasteiger partial charge is 0.394 e. The standard InChI is InChI=1S/C28H50O22/c29-5-9-13(33)17(37)21(25(41)45-9)49-27-23(19(39)15(35)11(7-31)47-27)43-3-1-2-4-44-24-20(40)16(36)12(8-32)48-28(24)50-22-18(38)14(34)10(6-30)46-26(22)42/h9-42H,1-8H2/t9-,10-,11-,12-,13-,14-,15-,16-,17+,18+,19+,20+,21+,22+,23+,24+,25?,26?,27-,28-/m1/s1. The summed E-state index contributed by atoms with van der Waals surface area (Å²) in [6.45, 7) is -3.28. The van der Waals surface area contributed by atoms with Crippen LogP contribution >= 0.6 is 0 Å². The highest BCUT2D eigenvalue weighted by Crippen LogP contribution is 2.32. The van der Waals surface area contributed by atoms with E-state index in [-0.39, 0.29) is 26.1 Å². The SMILES string of the molecule is OC[C@H]1O[C@H](O[C@@H]2C(O)O[C@H](CO)[C@@H](O)[C@@H]2O)[C@@H](OCCCCO[C@@H]2[C@@H](O[C@@H]3C(O)O[C@H](CO)[C@@H](O)[C@@H]3O)O[C@H](CO)[C@@H](O)[C@@H]2O)[C@@H](O)[C@@H]1O. The average Bonchev–Trinajstić information content (AvgIpc) is 3.10. The first-order chi connectivity index (χ1) is 23.8. The lowest BCUT2D eigenvalue weighted by Crippen LogP contribution is -2.64. The molecule has 22 nitrogen and oxygen atoms in total. The van der Waals surface area contributed by atoms with Crippen molar-refractivity contribution in [2.75, 3.05) is 39.6 Å². The molecular formula is C28H50O22. The monoisotopic (exact) mass is 738 g/mol. The zero-order valence-corrected chi connectivity index (χ0v) is 26.7. The van der Waals surface area contributed by atoms with Crippen LogP contribution in [0.3, 0.4) is 0 Å². The molecule has 0 aromatic carbocycles. The summed E-state index contributed by atoms with van der Waals surface area (Å²) in [5.74, 6) is 0. The number of rotatable bonds is 15. The van der Waals surface area contributed by atoms with Gasteiger partial charge in [0.25, 0.3) is 0 Å². The second-order valence-electron chi connectivity index (χ2n) is 12.5. The Kier molecular flexibility index (Phi) is 15.9. The maximum absolute atomic E-state index is 10.7. The molecule has 2 unspecified atom stereocenters. The first kappa shape index (κ1) is 41.9. The van der Waals surface area contributed by atoms with Crippen LogP contribution in [0.25, 0.3) is 0 Å². The van der Waals surface area contributed by atoms with Gasteiger partial charge in [-0.25, -0.2) is 0 Å². The molecule has 0 bridgehead atoms. The van der Waals surface area contributed by atoms with Crippen LogP contribution in [0.2, 0.25) is 0 Å². The summed E-state index contributed by atoms with van der Waals surface area (Å²) in [6, 6.07) is 0. The van der Waals surface area contributed by atoms with Crippen molar-refractivity contribution in [3.63, 3.8) is 0 Å². The molecule has 14 N–H and O–H groups in total. The highest BCUT2D eigenvalue weighted by atomic mass is 16.8. The third kappa shape index (κ3) is 9.25. The lowest BCUT2D eigenvalue weighted by molar-refractivity contribution is -0.366. The number of unbranched alkanes of at least 4 members (excludes halogenated alkanes) is 1. The summed E-state index contributed by atoms with van der Waals surface area (Å²) >= 11 is 0. The zero-order chi connectivity index (χ0) is 36.9. The Hall–Kier alpha value is -0.880. The first-order valence-electron chi connectivity index (χ1n) is 16.2. The molecule has 0 saturated carbocycles. The zero-order valence-electron chi connectivity index (χ0n) is 26.7. The highest BCUT2D eigenvalue weighted by molar-refractivity contribution is 4.95. The van der Waals surface area contributed by atoms with Crippen LogP contribution in [-0.2, 0) is 37.9 Å². The molecule has 0 aromatic rings. The van der Waals surface area contributed by atoms with Gasteiger partial charge in [-0.15, -0.1) is 0 Å². The summed E-state index contributed by atoms with van der Waals surface area (Å²) in [4.78, 5) is 0. The lowest BCUT2D eigenvalue weighted by atomic mass is 9.97. The molecule has 4 heterocycles. The average molecular weight is 739 g/mol. The van der Waals surface area contributed by atoms with Gasteiger partial charge in [-0.2, -0.15) is 0 Å². The van der Waals surface area contributed by atoms with Crippen LogP contribution in [0, 0.1) is 0 Å². The summed E-state index contributed by atoms with van der Waals surface area (Å²) in [7, 11) is 0. The minimum Gasteiger partial charge on any atom is -0.394 e. The van der Waals surface area contributed by atoms with Crippen molar-refractivity contribution in [1.29, 1.82) is 0 Å². The van der Waals surface area contributed by atoms with Gasteiger partial charge in [0.05, 0.1) is 26.4 Å². The predicted molar refractivity (Wildman–Crippen MR) is 154 cm³/mol. The lowest BCUT2D eigenvalue weighted by Gasteiger charge is -2.46. The molecule has 0 spiro atoms. The van der Waals surface area contributed by atoms with Crippen LogP contribution in [0.1, 0.15) is 12.8 Å². The van der Waals surface area contributed by atoms with Crippen LogP contribution in [0.4, 0.5) is 0 Å². The molecular weight excluding hydrogens is 688 g/mol. The third-order valence-electron chi connectivity index (χ3n) is 9.08. The van der Waals surface area contributed by atoms with Crippen molar-refractivity contribution >= 4 is 0 Å². The Morgan fingerprint density at radius 2 is 0.640 bits per heavy atom. The molecule has 0 aliphatic carbocycles. The van der Waals surface area contributed by atoms with Crippen molar-refractivity contribution in [1.82, 2.24) is 0 Å². The van der Waals surface area contributed by atoms with Gasteiger partial charge in [0.2, 0.25) is 0 Å². The van der Waals surface area contributed by atoms with Crippen molar-refractivity contribution in [2.24, 2.45) is 0 Å². The van der Waals surface area contributed by atoms with E-state index in [0.717, 1.165) is 0 Å². The van der Waals surface area contributed by atoms with Gasteiger partial charge < -0.3 is 109 Å². The second-order valence-corrected chi connectivity index (χ2v) is 12.5. The van der Waals surface area contributed by atoms with E-state index < -0.39 is 149 Å². The van der Waals surface area contributed by atoms with E-state index in [1.807, 2.05) is 0 Å². The fraction of sp³-hybridized carbons (Fsp3) is 1.00. The summed E-state index contributed by atoms with van der Waals surface area (Å²) in [6.07, 6.45) is -31.9. The van der Waals surface area contributed by atoms with Gasteiger partial charge >= 0.3 is 0 Å². The van der Waals surface area contributed by atoms with Crippen LogP contribution in [0.15, 0.2) is 0 Å². The van der Waals surface area contributed by atoms with Crippen molar-refractivity contribution in [3.05, 3.63) is 0 Å². The molecule has 4 aliphatic rings. The quantitative estimate of drug-likeness (QED) is 0.0693. The maximum Gasteiger partial charge on any atom is 0.187 e. The van der Waals surface area contributed by atoms with Gasteiger partial charge in [0.15, 0.2) is 25.2 Å². The van der Waals surface area contributed by atoms with Crippen LogP contribution < -0.4 is 0 Å². The van der Waals surface area contributed by atoms with Crippen LogP contribution in [0.5, 0.6) is 0 Å². The minimum atomic E-state index is -1.86.